The SMILES string of the molecule is C#CC(CC)NC1CCOC(C(C)C)C1. The quantitative estimate of drug-likeness (QED) is 0.717. The van der Waals surface area contributed by atoms with E-state index in [-0.39, 0.29) is 6.04 Å². The Labute approximate surface area is 93.8 Å². The lowest BCUT2D eigenvalue weighted by atomic mass is 9.95. The van der Waals surface area contributed by atoms with E-state index in [1.54, 1.807) is 0 Å². The minimum atomic E-state index is 0.223. The molecule has 0 radical (unpaired) electrons. The fraction of sp³-hybridized carbons (Fsp3) is 0.846. The number of ether oxygens (including phenoxy) is 1. The Hall–Kier alpha value is -0.520. The largest absolute Gasteiger partial charge is 0.378 e. The molecule has 86 valence electrons. The van der Waals surface area contributed by atoms with Gasteiger partial charge in [-0.3, -0.25) is 0 Å². The molecule has 2 heteroatoms. The maximum atomic E-state index is 5.73. The van der Waals surface area contributed by atoms with Gasteiger partial charge in [-0.25, -0.2) is 0 Å². The second-order valence-corrected chi connectivity index (χ2v) is 4.67. The molecule has 0 amide bonds. The van der Waals surface area contributed by atoms with Gasteiger partial charge < -0.3 is 10.1 Å². The summed E-state index contributed by atoms with van der Waals surface area (Å²) in [6.07, 6.45) is 9.02. The summed E-state index contributed by atoms with van der Waals surface area (Å²) in [4.78, 5) is 0. The molecule has 0 bridgehead atoms. The van der Waals surface area contributed by atoms with Gasteiger partial charge in [0.25, 0.3) is 0 Å². The zero-order chi connectivity index (χ0) is 11.3. The number of rotatable bonds is 4. The van der Waals surface area contributed by atoms with Crippen molar-refractivity contribution in [2.45, 2.75) is 58.2 Å². The number of nitrogens with one attached hydrogen (secondary N) is 1. The summed E-state index contributed by atoms with van der Waals surface area (Å²) < 4.78 is 5.73. The van der Waals surface area contributed by atoms with E-state index in [0.29, 0.717) is 18.1 Å². The average Bonchev–Trinajstić information content (AvgIpc) is 2.26. The molecule has 1 heterocycles. The fourth-order valence-electron chi connectivity index (χ4n) is 2.01. The summed E-state index contributed by atoms with van der Waals surface area (Å²) in [5.74, 6) is 3.39. The van der Waals surface area contributed by atoms with Crippen LogP contribution in [0.3, 0.4) is 0 Å². The summed E-state index contributed by atoms with van der Waals surface area (Å²) in [6, 6.07) is 0.757. The highest BCUT2D eigenvalue weighted by Gasteiger charge is 2.25. The van der Waals surface area contributed by atoms with Gasteiger partial charge in [0.2, 0.25) is 0 Å². The summed E-state index contributed by atoms with van der Waals surface area (Å²) >= 11 is 0. The van der Waals surface area contributed by atoms with Crippen LogP contribution in [0.25, 0.3) is 0 Å². The molecule has 2 nitrogen and oxygen atoms in total. The van der Waals surface area contributed by atoms with Crippen molar-refractivity contribution in [3.8, 4) is 12.3 Å². The van der Waals surface area contributed by atoms with Gasteiger partial charge in [-0.2, -0.15) is 0 Å². The Kier molecular flexibility index (Phi) is 5.14. The van der Waals surface area contributed by atoms with Crippen LogP contribution in [0.4, 0.5) is 0 Å². The topological polar surface area (TPSA) is 21.3 Å². The highest BCUT2D eigenvalue weighted by Crippen LogP contribution is 2.20. The monoisotopic (exact) mass is 209 g/mol. The Morgan fingerprint density at radius 3 is 2.80 bits per heavy atom. The van der Waals surface area contributed by atoms with Crippen LogP contribution in [0.15, 0.2) is 0 Å². The lowest BCUT2D eigenvalue weighted by Crippen LogP contribution is -2.44. The van der Waals surface area contributed by atoms with Crippen molar-refractivity contribution in [2.75, 3.05) is 6.61 Å². The van der Waals surface area contributed by atoms with Crippen molar-refractivity contribution < 1.29 is 4.74 Å². The molecule has 0 aromatic rings. The van der Waals surface area contributed by atoms with Crippen LogP contribution in [0, 0.1) is 18.3 Å². The van der Waals surface area contributed by atoms with E-state index in [4.69, 9.17) is 11.2 Å². The molecular weight excluding hydrogens is 186 g/mol. The first-order valence-corrected chi connectivity index (χ1v) is 6.01. The molecule has 1 aliphatic heterocycles. The molecule has 15 heavy (non-hydrogen) atoms. The van der Waals surface area contributed by atoms with Gasteiger partial charge in [-0.1, -0.05) is 26.7 Å². The molecule has 1 rings (SSSR count). The van der Waals surface area contributed by atoms with Crippen LogP contribution in [-0.2, 0) is 4.74 Å². The van der Waals surface area contributed by atoms with Gasteiger partial charge in [-0.15, -0.1) is 6.42 Å². The van der Waals surface area contributed by atoms with Crippen LogP contribution in [0.5, 0.6) is 0 Å². The maximum Gasteiger partial charge on any atom is 0.0686 e. The van der Waals surface area contributed by atoms with Crippen molar-refractivity contribution in [3.05, 3.63) is 0 Å². The number of hydrogen-bond acceptors (Lipinski definition) is 2. The van der Waals surface area contributed by atoms with Gasteiger partial charge in [0, 0.05) is 12.6 Å². The standard InChI is InChI=1S/C13H23NO/c1-5-11(6-2)14-12-7-8-15-13(9-12)10(3)4/h1,10-14H,6-9H2,2-4H3. The lowest BCUT2D eigenvalue weighted by molar-refractivity contribution is -0.0251. The first-order valence-electron chi connectivity index (χ1n) is 6.01. The summed E-state index contributed by atoms with van der Waals surface area (Å²) in [5, 5.41) is 3.52. The van der Waals surface area contributed by atoms with Crippen LogP contribution < -0.4 is 5.32 Å². The van der Waals surface area contributed by atoms with E-state index in [0.717, 1.165) is 25.9 Å². The van der Waals surface area contributed by atoms with Crippen molar-refractivity contribution in [3.63, 3.8) is 0 Å². The molecule has 1 aliphatic rings. The van der Waals surface area contributed by atoms with Crippen LogP contribution in [0.2, 0.25) is 0 Å². The molecule has 1 fully saturated rings. The molecule has 3 atom stereocenters. The Morgan fingerprint density at radius 2 is 2.27 bits per heavy atom. The highest BCUT2D eigenvalue weighted by atomic mass is 16.5. The van der Waals surface area contributed by atoms with Gasteiger partial charge >= 0.3 is 0 Å². The second-order valence-electron chi connectivity index (χ2n) is 4.67. The van der Waals surface area contributed by atoms with Crippen molar-refractivity contribution >= 4 is 0 Å². The third-order valence-electron chi connectivity index (χ3n) is 3.10. The van der Waals surface area contributed by atoms with E-state index in [1.807, 2.05) is 0 Å². The molecule has 0 spiro atoms. The third-order valence-corrected chi connectivity index (χ3v) is 3.10. The molecule has 1 saturated heterocycles. The average molecular weight is 209 g/mol. The predicted octanol–water partition coefficient (Wildman–Crippen LogP) is 2.19. The van der Waals surface area contributed by atoms with Gasteiger partial charge in [0.15, 0.2) is 0 Å². The number of hydrogen-bond donors (Lipinski definition) is 1. The predicted molar refractivity (Wildman–Crippen MR) is 63.6 cm³/mol. The van der Waals surface area contributed by atoms with Crippen molar-refractivity contribution in [1.82, 2.24) is 5.32 Å². The fourth-order valence-corrected chi connectivity index (χ4v) is 2.01. The molecule has 0 aliphatic carbocycles. The van der Waals surface area contributed by atoms with Gasteiger partial charge in [0.1, 0.15) is 0 Å². The molecule has 0 saturated carbocycles. The van der Waals surface area contributed by atoms with E-state index in [1.165, 1.54) is 0 Å². The van der Waals surface area contributed by atoms with Crippen molar-refractivity contribution in [1.29, 1.82) is 0 Å². The lowest BCUT2D eigenvalue weighted by Gasteiger charge is -2.33. The number of terminal acetylenes is 1. The normalized spacial score (nSPS) is 28.7. The summed E-state index contributed by atoms with van der Waals surface area (Å²) in [7, 11) is 0. The van der Waals surface area contributed by atoms with E-state index >= 15 is 0 Å². The Morgan fingerprint density at radius 1 is 1.53 bits per heavy atom. The van der Waals surface area contributed by atoms with Gasteiger partial charge in [-0.05, 0) is 25.2 Å². The van der Waals surface area contributed by atoms with Crippen LogP contribution in [0.1, 0.15) is 40.0 Å². The highest BCUT2D eigenvalue weighted by molar-refractivity contribution is 4.99. The first-order chi connectivity index (χ1) is 7.17. The molecule has 0 aromatic heterocycles. The zero-order valence-corrected chi connectivity index (χ0v) is 10.1. The molecule has 0 aromatic carbocycles. The molecule has 1 N–H and O–H groups in total. The Bertz CT molecular complexity index is 219. The Balaban J connectivity index is 2.39. The van der Waals surface area contributed by atoms with E-state index in [9.17, 15) is 0 Å². The molecule has 3 unspecified atom stereocenters. The van der Waals surface area contributed by atoms with E-state index in [2.05, 4.69) is 32.0 Å². The third kappa shape index (κ3) is 3.85. The van der Waals surface area contributed by atoms with Crippen molar-refractivity contribution in [2.24, 2.45) is 5.92 Å². The minimum Gasteiger partial charge on any atom is -0.378 e. The zero-order valence-electron chi connectivity index (χ0n) is 10.1. The van der Waals surface area contributed by atoms with Crippen LogP contribution >= 0.6 is 0 Å². The molecular formula is C13H23NO. The summed E-state index contributed by atoms with van der Waals surface area (Å²) in [6.45, 7) is 7.41. The van der Waals surface area contributed by atoms with Crippen LogP contribution in [-0.4, -0.2) is 24.8 Å². The summed E-state index contributed by atoms with van der Waals surface area (Å²) in [5.41, 5.74) is 0. The minimum absolute atomic E-state index is 0.223. The van der Waals surface area contributed by atoms with Gasteiger partial charge in [0.05, 0.1) is 12.1 Å². The maximum absolute atomic E-state index is 5.73. The van der Waals surface area contributed by atoms with E-state index < -0.39 is 0 Å². The smallest absolute Gasteiger partial charge is 0.0686 e. The first kappa shape index (κ1) is 12.5. The second kappa shape index (κ2) is 6.15.